The van der Waals surface area contributed by atoms with E-state index < -0.39 is 18.0 Å². The summed E-state index contributed by atoms with van der Waals surface area (Å²) in [4.78, 5) is 1.20. The summed E-state index contributed by atoms with van der Waals surface area (Å²) in [6, 6.07) is 30.4. The van der Waals surface area contributed by atoms with Crippen LogP contribution in [0.5, 0.6) is 11.5 Å². The number of aliphatic hydroxyl groups is 1. The highest BCUT2D eigenvalue weighted by molar-refractivity contribution is 6.10. The largest absolute Gasteiger partial charge is 0.472 e. The number of ether oxygens (including phenoxy) is 2. The first-order valence-corrected chi connectivity index (χ1v) is 18.8. The molecular formula is C46H45F3N2O3. The van der Waals surface area contributed by atoms with Gasteiger partial charge in [-0.1, -0.05) is 101 Å². The van der Waals surface area contributed by atoms with Crippen LogP contribution in [0.2, 0.25) is 0 Å². The third-order valence-electron chi connectivity index (χ3n) is 12.0. The van der Waals surface area contributed by atoms with E-state index in [1.807, 2.05) is 48.5 Å². The first-order chi connectivity index (χ1) is 25.7. The van der Waals surface area contributed by atoms with Gasteiger partial charge in [0.2, 0.25) is 0 Å². The van der Waals surface area contributed by atoms with Gasteiger partial charge in [-0.2, -0.15) is 13.2 Å². The molecule has 1 fully saturated rings. The van der Waals surface area contributed by atoms with E-state index in [-0.39, 0.29) is 28.6 Å². The van der Waals surface area contributed by atoms with E-state index in [1.54, 1.807) is 6.07 Å². The van der Waals surface area contributed by atoms with Crippen molar-refractivity contribution in [2.75, 3.05) is 30.4 Å². The van der Waals surface area contributed by atoms with Crippen LogP contribution in [0.25, 0.3) is 28.0 Å². The van der Waals surface area contributed by atoms with Crippen molar-refractivity contribution in [2.45, 2.75) is 70.4 Å². The van der Waals surface area contributed by atoms with Crippen LogP contribution in [0.4, 0.5) is 24.5 Å². The standard InChI is InChI=1S/C46H45F3N2O3/c1-42(2)25-43(3,4)27-44(26-42)35-14-10-9-13-31(35)38-33-23-36-37(53-41(51(36)5)46(47,48)49)24-34(33)40-32(39(38)44)19-20-45(54-40,28-11-7-6-8-12-28)29-15-17-30(18-16-29)50-21-22-52/h6-20,23-24,41,50,52H,21-22,25-27H2,1-5H3. The van der Waals surface area contributed by atoms with E-state index in [2.05, 4.69) is 81.6 Å². The topological polar surface area (TPSA) is 54.0 Å². The highest BCUT2D eigenvalue weighted by Gasteiger charge is 2.56. The molecule has 0 amide bonds. The second kappa shape index (κ2) is 11.8. The number of nitrogens with one attached hydrogen (secondary N) is 1. The predicted molar refractivity (Wildman–Crippen MR) is 209 cm³/mol. The molecule has 2 atom stereocenters. The highest BCUT2D eigenvalue weighted by Crippen LogP contribution is 2.67. The Morgan fingerprint density at radius 3 is 2.19 bits per heavy atom. The van der Waals surface area contributed by atoms with Crippen LogP contribution in [0.1, 0.15) is 74.8 Å². The zero-order chi connectivity index (χ0) is 37.8. The zero-order valence-corrected chi connectivity index (χ0v) is 31.3. The summed E-state index contributed by atoms with van der Waals surface area (Å²) >= 11 is 0. The Morgan fingerprint density at radius 2 is 1.50 bits per heavy atom. The molecule has 0 radical (unpaired) electrons. The molecule has 2 aliphatic carbocycles. The number of aliphatic hydroxyl groups excluding tert-OH is 1. The average molecular weight is 731 g/mol. The number of rotatable bonds is 5. The van der Waals surface area contributed by atoms with Gasteiger partial charge in [-0.15, -0.1) is 0 Å². The molecule has 0 saturated heterocycles. The number of hydrogen-bond acceptors (Lipinski definition) is 5. The molecule has 5 nitrogen and oxygen atoms in total. The van der Waals surface area contributed by atoms with E-state index in [1.165, 1.54) is 23.1 Å². The lowest BCUT2D eigenvalue weighted by Gasteiger charge is -2.52. The first kappa shape index (κ1) is 34.8. The van der Waals surface area contributed by atoms with Gasteiger partial charge in [0, 0.05) is 46.8 Å². The smallest absolute Gasteiger partial charge is 0.445 e. The van der Waals surface area contributed by atoms with Crippen molar-refractivity contribution >= 4 is 28.2 Å². The molecule has 9 rings (SSSR count). The van der Waals surface area contributed by atoms with Crippen LogP contribution in [-0.4, -0.2) is 37.7 Å². The molecule has 2 N–H and O–H groups in total. The fraction of sp³-hybridized carbons (Fsp3) is 0.348. The maximum atomic E-state index is 14.4. The first-order valence-electron chi connectivity index (χ1n) is 18.8. The maximum Gasteiger partial charge on any atom is 0.445 e. The predicted octanol–water partition coefficient (Wildman–Crippen LogP) is 10.8. The summed E-state index contributed by atoms with van der Waals surface area (Å²) in [5.41, 5.74) is 7.34. The Labute approximate surface area is 314 Å². The molecule has 5 aromatic rings. The minimum absolute atomic E-state index is 0.0163. The Hall–Kier alpha value is -4.95. The molecule has 2 heterocycles. The molecule has 1 saturated carbocycles. The Balaban J connectivity index is 1.36. The van der Waals surface area contributed by atoms with Crippen molar-refractivity contribution in [3.63, 3.8) is 0 Å². The molecule has 8 heteroatoms. The lowest BCUT2D eigenvalue weighted by molar-refractivity contribution is -0.189. The van der Waals surface area contributed by atoms with E-state index >= 15 is 0 Å². The minimum Gasteiger partial charge on any atom is -0.472 e. The molecule has 0 aromatic heterocycles. The number of fused-ring (bicyclic) bond motifs is 11. The third-order valence-corrected chi connectivity index (χ3v) is 12.0. The normalized spacial score (nSPS) is 22.6. The molecule has 1 spiro atoms. The van der Waals surface area contributed by atoms with Gasteiger partial charge >= 0.3 is 6.18 Å². The Bertz CT molecular complexity index is 2310. The number of halogens is 3. The van der Waals surface area contributed by atoms with E-state index in [4.69, 9.17) is 9.47 Å². The van der Waals surface area contributed by atoms with Crippen LogP contribution in [0.15, 0.2) is 97.1 Å². The Morgan fingerprint density at radius 1 is 0.833 bits per heavy atom. The average Bonchev–Trinajstić information content (AvgIpc) is 3.60. The van der Waals surface area contributed by atoms with Gasteiger partial charge in [-0.3, -0.25) is 0 Å². The van der Waals surface area contributed by atoms with Crippen LogP contribution in [-0.2, 0) is 11.0 Å². The van der Waals surface area contributed by atoms with Crippen LogP contribution in [0.3, 0.4) is 0 Å². The monoisotopic (exact) mass is 730 g/mol. The molecule has 2 unspecified atom stereocenters. The molecular weight excluding hydrogens is 686 g/mol. The maximum absolute atomic E-state index is 14.4. The molecule has 2 aliphatic heterocycles. The highest BCUT2D eigenvalue weighted by atomic mass is 19.4. The quantitative estimate of drug-likeness (QED) is 0.189. The van der Waals surface area contributed by atoms with Crippen molar-refractivity contribution in [1.29, 1.82) is 0 Å². The zero-order valence-electron chi connectivity index (χ0n) is 31.3. The fourth-order valence-corrected chi connectivity index (χ4v) is 10.9. The summed E-state index contributed by atoms with van der Waals surface area (Å²) in [6.07, 6.45) is 0.621. The summed E-state index contributed by atoms with van der Waals surface area (Å²) in [6.45, 7) is 9.91. The number of anilines is 2. The van der Waals surface area contributed by atoms with Gasteiger partial charge in [0.15, 0.2) is 5.60 Å². The summed E-state index contributed by atoms with van der Waals surface area (Å²) < 4.78 is 56.3. The molecule has 4 aliphatic rings. The molecule has 0 bridgehead atoms. The van der Waals surface area contributed by atoms with Gasteiger partial charge in [-0.05, 0) is 88.1 Å². The van der Waals surface area contributed by atoms with Gasteiger partial charge in [0.05, 0.1) is 12.3 Å². The number of hydrogen-bond donors (Lipinski definition) is 2. The third kappa shape index (κ3) is 5.16. The van der Waals surface area contributed by atoms with E-state index in [0.29, 0.717) is 23.4 Å². The van der Waals surface area contributed by atoms with Gasteiger partial charge in [0.1, 0.15) is 11.5 Å². The second-order valence-corrected chi connectivity index (χ2v) is 17.2. The molecule has 54 heavy (non-hydrogen) atoms. The van der Waals surface area contributed by atoms with E-state index in [0.717, 1.165) is 58.2 Å². The van der Waals surface area contributed by atoms with Crippen molar-refractivity contribution < 1.29 is 27.8 Å². The molecule has 278 valence electrons. The lowest BCUT2D eigenvalue weighted by Crippen LogP contribution is -2.44. The number of alkyl halides is 3. The van der Waals surface area contributed by atoms with Crippen LogP contribution < -0.4 is 19.7 Å². The lowest BCUT2D eigenvalue weighted by atomic mass is 9.52. The molecule has 5 aromatic carbocycles. The van der Waals surface area contributed by atoms with E-state index in [9.17, 15) is 18.3 Å². The second-order valence-electron chi connectivity index (χ2n) is 17.2. The number of benzene rings is 5. The van der Waals surface area contributed by atoms with Crippen molar-refractivity contribution in [3.8, 4) is 22.6 Å². The van der Waals surface area contributed by atoms with Crippen LogP contribution >= 0.6 is 0 Å². The summed E-state index contributed by atoms with van der Waals surface area (Å²) in [7, 11) is 1.45. The number of nitrogens with zero attached hydrogens (tertiary/aromatic N) is 1. The van der Waals surface area contributed by atoms with Crippen molar-refractivity contribution in [1.82, 2.24) is 0 Å². The summed E-state index contributed by atoms with van der Waals surface area (Å²) in [5.74, 6) is 0.814. The van der Waals surface area contributed by atoms with Gasteiger partial charge < -0.3 is 24.8 Å². The van der Waals surface area contributed by atoms with Crippen molar-refractivity contribution in [3.05, 3.63) is 125 Å². The summed E-state index contributed by atoms with van der Waals surface area (Å²) in [5, 5.41) is 14.2. The SMILES string of the molecule is CN1c2cc3c4c(c5c(c3cc2OC1C(F)(F)F)OC(c1ccccc1)(c1ccc(NCCO)cc1)C=C5)C1(CC(C)(C)CC(C)(C)C1)c1ccccc1-4. The van der Waals surface area contributed by atoms with Crippen LogP contribution in [0, 0.1) is 10.8 Å². The van der Waals surface area contributed by atoms with Gasteiger partial charge in [0.25, 0.3) is 6.23 Å². The fourth-order valence-electron chi connectivity index (χ4n) is 10.9. The van der Waals surface area contributed by atoms with Gasteiger partial charge in [-0.25, -0.2) is 0 Å². The Kier molecular flexibility index (Phi) is 7.59. The van der Waals surface area contributed by atoms with Crippen molar-refractivity contribution in [2.24, 2.45) is 10.8 Å². The minimum atomic E-state index is -4.59.